The molecule has 2 amide bonds. The van der Waals surface area contributed by atoms with Crippen LogP contribution in [0.25, 0.3) is 0 Å². The van der Waals surface area contributed by atoms with Crippen LogP contribution >= 0.6 is 0 Å². The van der Waals surface area contributed by atoms with Crippen LogP contribution in [0, 0.1) is 0 Å². The Labute approximate surface area is 243 Å². The van der Waals surface area contributed by atoms with Crippen LogP contribution in [0.15, 0.2) is 83.8 Å². The summed E-state index contributed by atoms with van der Waals surface area (Å²) in [6.07, 6.45) is 1.08. The first-order chi connectivity index (χ1) is 19.7. The van der Waals surface area contributed by atoms with Gasteiger partial charge in [-0.15, -0.1) is 0 Å². The van der Waals surface area contributed by atoms with Gasteiger partial charge in [0.05, 0.1) is 24.8 Å². The fraction of sp³-hybridized carbons (Fsp3) is 0.355. The van der Waals surface area contributed by atoms with Crippen molar-refractivity contribution in [3.05, 3.63) is 84.4 Å². The predicted molar refractivity (Wildman–Crippen MR) is 159 cm³/mol. The van der Waals surface area contributed by atoms with E-state index in [2.05, 4.69) is 5.32 Å². The van der Waals surface area contributed by atoms with E-state index in [1.165, 1.54) is 31.3 Å². The maximum Gasteiger partial charge on any atom is 0.264 e. The fourth-order valence-electron chi connectivity index (χ4n) is 4.36. The van der Waals surface area contributed by atoms with Crippen LogP contribution in [0.4, 0.5) is 5.69 Å². The largest absolute Gasteiger partial charge is 0.497 e. The van der Waals surface area contributed by atoms with Crippen LogP contribution in [0.1, 0.15) is 39.2 Å². The molecule has 2 atom stereocenters. The number of carbonyl (C=O) groups excluding carboxylic acids is 2. The third-order valence-corrected chi connectivity index (χ3v) is 8.64. The molecule has 0 heterocycles. The minimum atomic E-state index is -4.24. The molecule has 0 radical (unpaired) electrons. The van der Waals surface area contributed by atoms with E-state index in [9.17, 15) is 18.0 Å². The number of hydrogen-bond donors (Lipinski definition) is 1. The number of ether oxygens (including phenoxy) is 2. The Morgan fingerprint density at radius 3 is 2.07 bits per heavy atom. The molecule has 0 bridgehead atoms. The molecule has 0 aliphatic rings. The van der Waals surface area contributed by atoms with Crippen molar-refractivity contribution in [2.45, 2.75) is 57.1 Å². The average Bonchev–Trinajstić information content (AvgIpc) is 2.99. The lowest BCUT2D eigenvalue weighted by atomic mass is 10.1. The summed E-state index contributed by atoms with van der Waals surface area (Å²) >= 11 is 0. The van der Waals surface area contributed by atoms with Crippen molar-refractivity contribution >= 4 is 27.5 Å². The monoisotopic (exact) mass is 581 g/mol. The minimum absolute atomic E-state index is 0.0202. The third-order valence-electron chi connectivity index (χ3n) is 6.86. The van der Waals surface area contributed by atoms with Gasteiger partial charge in [0.25, 0.3) is 10.0 Å². The third kappa shape index (κ3) is 7.79. The van der Waals surface area contributed by atoms with Gasteiger partial charge in [-0.05, 0) is 61.7 Å². The number of carbonyl (C=O) groups is 2. The molecule has 3 aromatic carbocycles. The molecule has 41 heavy (non-hydrogen) atoms. The molecule has 0 aromatic heterocycles. The zero-order valence-corrected chi connectivity index (χ0v) is 25.1. The maximum absolute atomic E-state index is 14.1. The summed E-state index contributed by atoms with van der Waals surface area (Å²) in [6, 6.07) is 21.0. The zero-order valence-electron chi connectivity index (χ0n) is 24.2. The molecule has 0 aliphatic heterocycles. The first kappa shape index (κ1) is 31.5. The molecule has 0 saturated carbocycles. The van der Waals surface area contributed by atoms with Crippen molar-refractivity contribution < 1.29 is 27.5 Å². The van der Waals surface area contributed by atoms with Crippen LogP contribution in [-0.2, 0) is 26.2 Å². The van der Waals surface area contributed by atoms with Gasteiger partial charge in [-0.1, -0.05) is 56.3 Å². The lowest BCUT2D eigenvalue weighted by Crippen LogP contribution is -2.53. The quantitative estimate of drug-likeness (QED) is 0.298. The molecule has 1 N–H and O–H groups in total. The SMILES string of the molecule is CC[C@@H](C)NC(=O)[C@@H](CC)N(Cc1ccccc1)C(=O)CN(c1ccccc1OC)S(=O)(=O)c1ccc(OC)cc1. The normalized spacial score (nSPS) is 12.6. The van der Waals surface area contributed by atoms with Gasteiger partial charge in [0.2, 0.25) is 11.8 Å². The summed E-state index contributed by atoms with van der Waals surface area (Å²) in [5.74, 6) is -0.0273. The number of benzene rings is 3. The van der Waals surface area contributed by atoms with E-state index in [0.29, 0.717) is 12.2 Å². The molecule has 10 heteroatoms. The van der Waals surface area contributed by atoms with E-state index in [-0.39, 0.29) is 34.8 Å². The molecular weight excluding hydrogens is 542 g/mol. The predicted octanol–water partition coefficient (Wildman–Crippen LogP) is 4.62. The molecule has 0 aliphatic carbocycles. The van der Waals surface area contributed by atoms with Crippen LogP contribution in [0.3, 0.4) is 0 Å². The van der Waals surface area contributed by atoms with Gasteiger partial charge in [-0.25, -0.2) is 8.42 Å². The van der Waals surface area contributed by atoms with Gasteiger partial charge < -0.3 is 19.7 Å². The van der Waals surface area contributed by atoms with Gasteiger partial charge in [-0.2, -0.15) is 0 Å². The number of rotatable bonds is 14. The second kappa shape index (κ2) is 14.5. The number of para-hydroxylation sites is 2. The van der Waals surface area contributed by atoms with Crippen molar-refractivity contribution in [2.75, 3.05) is 25.1 Å². The van der Waals surface area contributed by atoms with Crippen LogP contribution in [0.2, 0.25) is 0 Å². The Kier molecular flexibility index (Phi) is 11.2. The smallest absolute Gasteiger partial charge is 0.264 e. The average molecular weight is 582 g/mol. The van der Waals surface area contributed by atoms with Gasteiger partial charge >= 0.3 is 0 Å². The second-order valence-corrected chi connectivity index (χ2v) is 11.5. The molecule has 3 rings (SSSR count). The number of anilines is 1. The highest BCUT2D eigenvalue weighted by molar-refractivity contribution is 7.92. The Hall–Kier alpha value is -4.05. The lowest BCUT2D eigenvalue weighted by Gasteiger charge is -2.34. The number of nitrogens with zero attached hydrogens (tertiary/aromatic N) is 2. The van der Waals surface area contributed by atoms with Gasteiger partial charge in [-0.3, -0.25) is 13.9 Å². The molecule has 0 saturated heterocycles. The van der Waals surface area contributed by atoms with Crippen molar-refractivity contribution in [3.8, 4) is 11.5 Å². The number of sulfonamides is 1. The summed E-state index contributed by atoms with van der Waals surface area (Å²) in [4.78, 5) is 28.9. The first-order valence-corrected chi connectivity index (χ1v) is 15.0. The van der Waals surface area contributed by atoms with Crippen molar-refractivity contribution in [3.63, 3.8) is 0 Å². The van der Waals surface area contributed by atoms with Gasteiger partial charge in [0.1, 0.15) is 24.1 Å². The Balaban J connectivity index is 2.08. The Bertz CT molecular complexity index is 1400. The van der Waals surface area contributed by atoms with E-state index < -0.39 is 28.5 Å². The van der Waals surface area contributed by atoms with E-state index >= 15 is 0 Å². The molecule has 0 spiro atoms. The van der Waals surface area contributed by atoms with Gasteiger partial charge in [0, 0.05) is 12.6 Å². The molecular formula is C31H39N3O6S. The number of methoxy groups -OCH3 is 2. The molecule has 9 nitrogen and oxygen atoms in total. The first-order valence-electron chi connectivity index (χ1n) is 13.6. The fourth-order valence-corrected chi connectivity index (χ4v) is 5.79. The summed E-state index contributed by atoms with van der Waals surface area (Å²) in [6.45, 7) is 5.29. The summed E-state index contributed by atoms with van der Waals surface area (Å²) in [5, 5.41) is 2.98. The van der Waals surface area contributed by atoms with Crippen molar-refractivity contribution in [2.24, 2.45) is 0 Å². The highest BCUT2D eigenvalue weighted by atomic mass is 32.2. The van der Waals surface area contributed by atoms with Crippen molar-refractivity contribution in [1.29, 1.82) is 0 Å². The number of amides is 2. The van der Waals surface area contributed by atoms with Crippen molar-refractivity contribution in [1.82, 2.24) is 10.2 Å². The van der Waals surface area contributed by atoms with Crippen LogP contribution in [0.5, 0.6) is 11.5 Å². The maximum atomic E-state index is 14.1. The summed E-state index contributed by atoms with van der Waals surface area (Å²) in [5.41, 5.74) is 1.02. The lowest BCUT2D eigenvalue weighted by molar-refractivity contribution is -0.140. The van der Waals surface area contributed by atoms with Crippen LogP contribution in [-0.4, -0.2) is 58.0 Å². The second-order valence-electron chi connectivity index (χ2n) is 9.61. The Morgan fingerprint density at radius 2 is 1.49 bits per heavy atom. The standard InChI is InChI=1S/C31H39N3O6S/c1-6-23(3)32-31(36)27(7-2)33(21-24-13-9-8-10-14-24)30(35)22-34(28-15-11-12-16-29(28)40-5)41(37,38)26-19-17-25(39-4)18-20-26/h8-20,23,27H,6-7,21-22H2,1-5H3,(H,32,36)/t23-,27-/m1/s1. The topological polar surface area (TPSA) is 105 Å². The summed E-state index contributed by atoms with van der Waals surface area (Å²) in [7, 11) is -1.31. The van der Waals surface area contributed by atoms with Crippen LogP contribution < -0.4 is 19.1 Å². The van der Waals surface area contributed by atoms with Gasteiger partial charge in [0.15, 0.2) is 0 Å². The van der Waals surface area contributed by atoms with E-state index in [4.69, 9.17) is 9.47 Å². The molecule has 0 fully saturated rings. The minimum Gasteiger partial charge on any atom is -0.497 e. The van der Waals surface area contributed by atoms with E-state index in [0.717, 1.165) is 16.3 Å². The highest BCUT2D eigenvalue weighted by Gasteiger charge is 2.35. The number of hydrogen-bond acceptors (Lipinski definition) is 6. The molecule has 3 aromatic rings. The molecule has 0 unspecified atom stereocenters. The highest BCUT2D eigenvalue weighted by Crippen LogP contribution is 2.33. The Morgan fingerprint density at radius 1 is 0.854 bits per heavy atom. The van der Waals surface area contributed by atoms with E-state index in [1.54, 1.807) is 36.4 Å². The molecule has 220 valence electrons. The van der Waals surface area contributed by atoms with E-state index in [1.807, 2.05) is 51.1 Å². The summed E-state index contributed by atoms with van der Waals surface area (Å²) < 4.78 is 39.8. The zero-order chi connectivity index (χ0) is 30.0. The number of nitrogens with one attached hydrogen (secondary N) is 1.